The number of methoxy groups -OCH3 is 1. The second-order valence-electron chi connectivity index (χ2n) is 2.62. The third-order valence-electron chi connectivity index (χ3n) is 1.66. The molecular weight excluding hydrogens is 206 g/mol. The summed E-state index contributed by atoms with van der Waals surface area (Å²) < 4.78 is 11.8. The van der Waals surface area contributed by atoms with E-state index in [1.807, 2.05) is 0 Å². The molecule has 1 aromatic rings. The normalized spacial score (nSPS) is 10.6. The quantitative estimate of drug-likeness (QED) is 0.517. The van der Waals surface area contributed by atoms with Crippen molar-refractivity contribution in [1.82, 2.24) is 14.8 Å². The fourth-order valence-corrected chi connectivity index (χ4v) is 1.16. The van der Waals surface area contributed by atoms with Gasteiger partial charge in [-0.25, -0.2) is 9.89 Å². The zero-order valence-electron chi connectivity index (χ0n) is 7.91. The summed E-state index contributed by atoms with van der Waals surface area (Å²) in [4.78, 5) is 11.1. The summed E-state index contributed by atoms with van der Waals surface area (Å²) >= 11 is 4.87. The maximum absolute atomic E-state index is 11.1. The second-order valence-corrected chi connectivity index (χ2v) is 3.00. The number of hydrogen-bond acceptors (Lipinski definition) is 4. The molecule has 14 heavy (non-hydrogen) atoms. The molecule has 0 amide bonds. The molecule has 7 heteroatoms. The molecule has 0 aromatic carbocycles. The standard InChI is InChI=1S/C7H13N3O3S/c1-12-4-5-13-3-2-10-6(11)8-9-7(10)14/h2-5H2,1H3,(H,8,11)(H,9,14). The van der Waals surface area contributed by atoms with Gasteiger partial charge in [-0.05, 0) is 12.2 Å². The first kappa shape index (κ1) is 11.2. The van der Waals surface area contributed by atoms with Crippen LogP contribution in [0.2, 0.25) is 0 Å². The van der Waals surface area contributed by atoms with E-state index in [9.17, 15) is 4.79 Å². The number of aromatic amines is 2. The van der Waals surface area contributed by atoms with Crippen LogP contribution in [-0.2, 0) is 16.0 Å². The monoisotopic (exact) mass is 219 g/mol. The van der Waals surface area contributed by atoms with Crippen molar-refractivity contribution in [3.8, 4) is 0 Å². The lowest BCUT2D eigenvalue weighted by Gasteiger charge is -2.02. The Morgan fingerprint density at radius 2 is 2.14 bits per heavy atom. The van der Waals surface area contributed by atoms with E-state index in [2.05, 4.69) is 10.2 Å². The molecule has 0 radical (unpaired) electrons. The smallest absolute Gasteiger partial charge is 0.342 e. The molecule has 80 valence electrons. The lowest BCUT2D eigenvalue weighted by molar-refractivity contribution is 0.0661. The molecule has 0 aliphatic carbocycles. The summed E-state index contributed by atoms with van der Waals surface area (Å²) in [6.45, 7) is 1.96. The van der Waals surface area contributed by atoms with Crippen LogP contribution in [-0.4, -0.2) is 41.7 Å². The highest BCUT2D eigenvalue weighted by molar-refractivity contribution is 7.71. The summed E-state index contributed by atoms with van der Waals surface area (Å²) in [5, 5.41) is 4.94. The fourth-order valence-electron chi connectivity index (χ4n) is 0.937. The highest BCUT2D eigenvalue weighted by atomic mass is 32.1. The van der Waals surface area contributed by atoms with Crippen molar-refractivity contribution < 1.29 is 9.47 Å². The Kier molecular flexibility index (Phi) is 4.57. The van der Waals surface area contributed by atoms with Gasteiger partial charge in [0.1, 0.15) is 0 Å². The third kappa shape index (κ3) is 3.09. The third-order valence-corrected chi connectivity index (χ3v) is 1.98. The average Bonchev–Trinajstić information content (AvgIpc) is 2.48. The number of aromatic nitrogens is 3. The molecule has 2 N–H and O–H groups in total. The first-order valence-electron chi connectivity index (χ1n) is 4.20. The Bertz CT molecular complexity index is 339. The number of hydrogen-bond donors (Lipinski definition) is 2. The molecule has 0 aliphatic rings. The van der Waals surface area contributed by atoms with Gasteiger partial charge in [-0.1, -0.05) is 0 Å². The van der Waals surface area contributed by atoms with E-state index in [-0.39, 0.29) is 5.69 Å². The van der Waals surface area contributed by atoms with Gasteiger partial charge in [0.15, 0.2) is 4.77 Å². The van der Waals surface area contributed by atoms with Gasteiger partial charge in [-0.3, -0.25) is 9.67 Å². The van der Waals surface area contributed by atoms with Gasteiger partial charge in [-0.2, -0.15) is 0 Å². The van der Waals surface area contributed by atoms with Crippen molar-refractivity contribution in [2.45, 2.75) is 6.54 Å². The fraction of sp³-hybridized carbons (Fsp3) is 0.714. The van der Waals surface area contributed by atoms with Crippen LogP contribution in [0.5, 0.6) is 0 Å². The SMILES string of the molecule is COCCOCCn1c(=O)[nH][nH]c1=S. The maximum atomic E-state index is 11.1. The summed E-state index contributed by atoms with van der Waals surface area (Å²) in [5.74, 6) is 0. The van der Waals surface area contributed by atoms with Crippen LogP contribution in [0, 0.1) is 4.77 Å². The minimum atomic E-state index is -0.245. The van der Waals surface area contributed by atoms with Gasteiger partial charge >= 0.3 is 5.69 Å². The molecule has 0 atom stereocenters. The molecule has 1 rings (SSSR count). The molecule has 6 nitrogen and oxygen atoms in total. The maximum Gasteiger partial charge on any atom is 0.342 e. The van der Waals surface area contributed by atoms with Crippen LogP contribution in [0.1, 0.15) is 0 Å². The van der Waals surface area contributed by atoms with Crippen molar-refractivity contribution in [1.29, 1.82) is 0 Å². The summed E-state index contributed by atoms with van der Waals surface area (Å²) in [7, 11) is 1.61. The summed E-state index contributed by atoms with van der Waals surface area (Å²) in [6, 6.07) is 0. The van der Waals surface area contributed by atoms with Gasteiger partial charge in [0.2, 0.25) is 0 Å². The molecule has 0 spiro atoms. The van der Waals surface area contributed by atoms with Crippen molar-refractivity contribution in [2.75, 3.05) is 26.9 Å². The van der Waals surface area contributed by atoms with Crippen molar-refractivity contribution in [3.05, 3.63) is 15.3 Å². The number of ether oxygens (including phenoxy) is 2. The molecule has 0 saturated heterocycles. The highest BCUT2D eigenvalue weighted by Crippen LogP contribution is 1.83. The second kappa shape index (κ2) is 5.74. The predicted octanol–water partition coefficient (Wildman–Crippen LogP) is -0.103. The molecular formula is C7H13N3O3S. The van der Waals surface area contributed by atoms with E-state index in [4.69, 9.17) is 21.7 Å². The van der Waals surface area contributed by atoms with Gasteiger partial charge in [-0.15, -0.1) is 0 Å². The van der Waals surface area contributed by atoms with E-state index in [0.717, 1.165) is 0 Å². The predicted molar refractivity (Wildman–Crippen MR) is 52.9 cm³/mol. The highest BCUT2D eigenvalue weighted by Gasteiger charge is 1.98. The van der Waals surface area contributed by atoms with Crippen LogP contribution >= 0.6 is 12.2 Å². The van der Waals surface area contributed by atoms with Crippen LogP contribution in [0.15, 0.2) is 4.79 Å². The van der Waals surface area contributed by atoms with Crippen molar-refractivity contribution >= 4 is 12.2 Å². The Morgan fingerprint density at radius 1 is 1.36 bits per heavy atom. The molecule has 1 aromatic heterocycles. The number of H-pyrrole nitrogens is 2. The molecule has 0 bridgehead atoms. The van der Waals surface area contributed by atoms with Crippen LogP contribution in [0.3, 0.4) is 0 Å². The van der Waals surface area contributed by atoms with E-state index >= 15 is 0 Å². The molecule has 0 saturated carbocycles. The molecule has 0 aliphatic heterocycles. The minimum absolute atomic E-state index is 0.245. The summed E-state index contributed by atoms with van der Waals surface area (Å²) in [6.07, 6.45) is 0. The lowest BCUT2D eigenvalue weighted by atomic mass is 10.6. The van der Waals surface area contributed by atoms with Crippen molar-refractivity contribution in [2.24, 2.45) is 0 Å². The van der Waals surface area contributed by atoms with E-state index < -0.39 is 0 Å². The minimum Gasteiger partial charge on any atom is -0.382 e. The van der Waals surface area contributed by atoms with E-state index in [1.54, 1.807) is 7.11 Å². The first-order chi connectivity index (χ1) is 6.75. The van der Waals surface area contributed by atoms with Gasteiger partial charge in [0.25, 0.3) is 0 Å². The Morgan fingerprint density at radius 3 is 2.71 bits per heavy atom. The number of nitrogens with zero attached hydrogens (tertiary/aromatic N) is 1. The average molecular weight is 219 g/mol. The zero-order valence-corrected chi connectivity index (χ0v) is 8.73. The van der Waals surface area contributed by atoms with Crippen molar-refractivity contribution in [3.63, 3.8) is 0 Å². The van der Waals surface area contributed by atoms with Gasteiger partial charge < -0.3 is 9.47 Å². The molecule has 1 heterocycles. The van der Waals surface area contributed by atoms with Gasteiger partial charge in [0, 0.05) is 7.11 Å². The van der Waals surface area contributed by atoms with Crippen LogP contribution < -0.4 is 5.69 Å². The molecule has 0 fully saturated rings. The largest absolute Gasteiger partial charge is 0.382 e. The Hall–Kier alpha value is -0.920. The van der Waals surface area contributed by atoms with E-state index in [0.29, 0.717) is 31.1 Å². The zero-order chi connectivity index (χ0) is 10.4. The number of nitrogens with one attached hydrogen (secondary N) is 2. The topological polar surface area (TPSA) is 72.0 Å². The first-order valence-corrected chi connectivity index (χ1v) is 4.60. The van der Waals surface area contributed by atoms with Crippen LogP contribution in [0.25, 0.3) is 0 Å². The van der Waals surface area contributed by atoms with Crippen LogP contribution in [0.4, 0.5) is 0 Å². The van der Waals surface area contributed by atoms with Gasteiger partial charge in [0.05, 0.1) is 26.4 Å². The Balaban J connectivity index is 2.32. The lowest BCUT2D eigenvalue weighted by Crippen LogP contribution is -2.20. The summed E-state index contributed by atoms with van der Waals surface area (Å²) in [5.41, 5.74) is -0.245. The molecule has 0 unspecified atom stereocenters. The van der Waals surface area contributed by atoms with E-state index in [1.165, 1.54) is 4.57 Å². The number of rotatable bonds is 6. The Labute approximate surface area is 85.8 Å².